The van der Waals surface area contributed by atoms with E-state index in [-0.39, 0.29) is 19.3 Å². The van der Waals surface area contributed by atoms with Crippen LogP contribution in [-0.4, -0.2) is 41.2 Å². The summed E-state index contributed by atoms with van der Waals surface area (Å²) in [4.78, 5) is 23.5. The minimum Gasteiger partial charge on any atom is -0.480 e. The molecule has 7 nitrogen and oxygen atoms in total. The third-order valence-electron chi connectivity index (χ3n) is 4.07. The normalized spacial score (nSPS) is 22.5. The predicted octanol–water partition coefficient (Wildman–Crippen LogP) is 0.855. The summed E-state index contributed by atoms with van der Waals surface area (Å²) in [5, 5.41) is 10.8. The van der Waals surface area contributed by atoms with Gasteiger partial charge in [-0.2, -0.15) is 8.42 Å². The Morgan fingerprint density at radius 1 is 1.22 bits per heavy atom. The van der Waals surface area contributed by atoms with Crippen molar-refractivity contribution in [1.82, 2.24) is 5.32 Å². The van der Waals surface area contributed by atoms with E-state index >= 15 is 0 Å². The highest BCUT2D eigenvalue weighted by molar-refractivity contribution is 7.86. The monoisotopic (exact) mass is 341 g/mol. The minimum absolute atomic E-state index is 0.0162. The lowest BCUT2D eigenvalue weighted by molar-refractivity contribution is -0.142. The highest BCUT2D eigenvalue weighted by Crippen LogP contribution is 2.30. The zero-order valence-corrected chi connectivity index (χ0v) is 13.2. The first-order valence-electron chi connectivity index (χ1n) is 7.30. The molecule has 0 heterocycles. The van der Waals surface area contributed by atoms with Gasteiger partial charge in [0.05, 0.1) is 5.25 Å². The number of nitrogens with one attached hydrogen (secondary N) is 1. The SMILES string of the molecule is O=C(N[C@@H](Cc1ccccc1)C(=O)O)C1CCC(S(=O)(=O)O)C1. The zero-order chi connectivity index (χ0) is 17.0. The van der Waals surface area contributed by atoms with E-state index in [0.717, 1.165) is 5.56 Å². The summed E-state index contributed by atoms with van der Waals surface area (Å²) >= 11 is 0. The number of carbonyl (C=O) groups excluding carboxylic acids is 1. The summed E-state index contributed by atoms with van der Waals surface area (Å²) in [6.45, 7) is 0. The molecule has 3 atom stereocenters. The predicted molar refractivity (Wildman–Crippen MR) is 82.4 cm³/mol. The molecule has 1 amide bonds. The van der Waals surface area contributed by atoms with Crippen LogP contribution in [0, 0.1) is 5.92 Å². The molecule has 8 heteroatoms. The van der Waals surface area contributed by atoms with E-state index in [9.17, 15) is 23.1 Å². The third-order valence-corrected chi connectivity index (χ3v) is 5.34. The molecule has 0 aromatic heterocycles. The lowest BCUT2D eigenvalue weighted by Gasteiger charge is -2.17. The van der Waals surface area contributed by atoms with Gasteiger partial charge in [0.2, 0.25) is 5.91 Å². The van der Waals surface area contributed by atoms with Crippen LogP contribution in [-0.2, 0) is 26.1 Å². The zero-order valence-electron chi connectivity index (χ0n) is 12.4. The van der Waals surface area contributed by atoms with E-state index in [2.05, 4.69) is 5.32 Å². The molecule has 1 aliphatic rings. The molecule has 2 unspecified atom stereocenters. The maximum Gasteiger partial charge on any atom is 0.326 e. The van der Waals surface area contributed by atoms with Gasteiger partial charge in [0.15, 0.2) is 0 Å². The average Bonchev–Trinajstić information content (AvgIpc) is 2.97. The van der Waals surface area contributed by atoms with Gasteiger partial charge < -0.3 is 10.4 Å². The van der Waals surface area contributed by atoms with Gasteiger partial charge in [-0.05, 0) is 24.8 Å². The maximum absolute atomic E-state index is 12.2. The molecule has 2 rings (SSSR count). The number of rotatable bonds is 6. The highest BCUT2D eigenvalue weighted by atomic mass is 32.2. The summed E-state index contributed by atoms with van der Waals surface area (Å²) in [5.41, 5.74) is 0.780. The quantitative estimate of drug-likeness (QED) is 0.660. The number of amides is 1. The molecule has 0 radical (unpaired) electrons. The fourth-order valence-corrected chi connectivity index (χ4v) is 3.70. The molecule has 1 aliphatic carbocycles. The molecule has 0 bridgehead atoms. The largest absolute Gasteiger partial charge is 0.480 e. The van der Waals surface area contributed by atoms with E-state index in [1.54, 1.807) is 24.3 Å². The van der Waals surface area contributed by atoms with E-state index in [1.165, 1.54) is 0 Å². The van der Waals surface area contributed by atoms with Gasteiger partial charge in [0.1, 0.15) is 6.04 Å². The molecular weight excluding hydrogens is 322 g/mol. The Morgan fingerprint density at radius 3 is 2.39 bits per heavy atom. The van der Waals surface area contributed by atoms with Crippen molar-refractivity contribution < 1.29 is 27.7 Å². The van der Waals surface area contributed by atoms with E-state index in [1.807, 2.05) is 6.07 Å². The van der Waals surface area contributed by atoms with Crippen LogP contribution in [0.5, 0.6) is 0 Å². The summed E-state index contributed by atoms with van der Waals surface area (Å²) in [6.07, 6.45) is 0.681. The number of aliphatic carboxylic acids is 1. The van der Waals surface area contributed by atoms with E-state index < -0.39 is 39.2 Å². The van der Waals surface area contributed by atoms with Crippen LogP contribution < -0.4 is 5.32 Å². The van der Waals surface area contributed by atoms with Crippen molar-refractivity contribution in [3.8, 4) is 0 Å². The van der Waals surface area contributed by atoms with Crippen molar-refractivity contribution >= 4 is 22.0 Å². The van der Waals surface area contributed by atoms with Crippen LogP contribution >= 0.6 is 0 Å². The number of carbonyl (C=O) groups is 2. The molecule has 0 aliphatic heterocycles. The van der Waals surface area contributed by atoms with Crippen LogP contribution in [0.15, 0.2) is 30.3 Å². The first-order valence-corrected chi connectivity index (χ1v) is 8.81. The van der Waals surface area contributed by atoms with Gasteiger partial charge in [0, 0.05) is 12.3 Å². The standard InChI is InChI=1S/C15H19NO6S/c17-14(11-6-7-12(9-11)23(20,21)22)16-13(15(18)19)8-10-4-2-1-3-5-10/h1-5,11-13H,6-9H2,(H,16,17)(H,18,19)(H,20,21,22)/t11?,12?,13-/m0/s1. The Kier molecular flexibility index (Phi) is 5.38. The maximum atomic E-state index is 12.2. The Bertz CT molecular complexity index is 672. The van der Waals surface area contributed by atoms with Crippen molar-refractivity contribution in [3.63, 3.8) is 0 Å². The van der Waals surface area contributed by atoms with E-state index in [0.29, 0.717) is 6.42 Å². The first kappa shape index (κ1) is 17.4. The number of carboxylic acids is 1. The first-order chi connectivity index (χ1) is 10.8. The number of hydrogen-bond donors (Lipinski definition) is 3. The number of benzene rings is 1. The summed E-state index contributed by atoms with van der Waals surface area (Å²) in [5.74, 6) is -2.23. The van der Waals surface area contributed by atoms with Crippen molar-refractivity contribution in [2.75, 3.05) is 0 Å². The minimum atomic E-state index is -4.16. The van der Waals surface area contributed by atoms with Crippen LogP contribution in [0.25, 0.3) is 0 Å². The lowest BCUT2D eigenvalue weighted by Crippen LogP contribution is -2.44. The molecule has 1 aromatic carbocycles. The fourth-order valence-electron chi connectivity index (χ4n) is 2.79. The Morgan fingerprint density at radius 2 is 1.87 bits per heavy atom. The van der Waals surface area contributed by atoms with Crippen molar-refractivity contribution in [2.24, 2.45) is 5.92 Å². The average molecular weight is 341 g/mol. The van der Waals surface area contributed by atoms with Crippen molar-refractivity contribution in [3.05, 3.63) is 35.9 Å². The molecule has 3 N–H and O–H groups in total. The topological polar surface area (TPSA) is 121 Å². The molecule has 0 saturated heterocycles. The third kappa shape index (κ3) is 4.77. The second-order valence-electron chi connectivity index (χ2n) is 5.74. The summed E-state index contributed by atoms with van der Waals surface area (Å²) in [7, 11) is -4.16. The van der Waals surface area contributed by atoms with Gasteiger partial charge in [-0.15, -0.1) is 0 Å². The molecule has 1 saturated carbocycles. The lowest BCUT2D eigenvalue weighted by atomic mass is 10.0. The Balaban J connectivity index is 1.98. The molecule has 0 spiro atoms. The molecule has 23 heavy (non-hydrogen) atoms. The Hall–Kier alpha value is -1.93. The summed E-state index contributed by atoms with van der Waals surface area (Å²) in [6, 6.07) is 7.84. The van der Waals surface area contributed by atoms with E-state index in [4.69, 9.17) is 4.55 Å². The number of hydrogen-bond acceptors (Lipinski definition) is 4. The van der Waals surface area contributed by atoms with Crippen LogP contribution in [0.4, 0.5) is 0 Å². The van der Waals surface area contributed by atoms with Crippen LogP contribution in [0.2, 0.25) is 0 Å². The smallest absolute Gasteiger partial charge is 0.326 e. The second-order valence-corrected chi connectivity index (χ2v) is 7.43. The van der Waals surface area contributed by atoms with Gasteiger partial charge in [0.25, 0.3) is 10.1 Å². The van der Waals surface area contributed by atoms with Crippen LogP contribution in [0.3, 0.4) is 0 Å². The van der Waals surface area contributed by atoms with Crippen molar-refractivity contribution in [2.45, 2.75) is 37.0 Å². The molecular formula is C15H19NO6S. The van der Waals surface area contributed by atoms with Gasteiger partial charge >= 0.3 is 5.97 Å². The Labute approximate surface area is 134 Å². The van der Waals surface area contributed by atoms with Gasteiger partial charge in [-0.1, -0.05) is 30.3 Å². The molecule has 1 aromatic rings. The highest BCUT2D eigenvalue weighted by Gasteiger charge is 2.37. The van der Waals surface area contributed by atoms with Crippen molar-refractivity contribution in [1.29, 1.82) is 0 Å². The molecule has 126 valence electrons. The second kappa shape index (κ2) is 7.10. The van der Waals surface area contributed by atoms with Gasteiger partial charge in [-0.3, -0.25) is 9.35 Å². The van der Waals surface area contributed by atoms with Gasteiger partial charge in [-0.25, -0.2) is 4.79 Å². The molecule has 1 fully saturated rings. The fraction of sp³-hybridized carbons (Fsp3) is 0.467. The summed E-state index contributed by atoms with van der Waals surface area (Å²) < 4.78 is 31.2. The van der Waals surface area contributed by atoms with Crippen LogP contribution in [0.1, 0.15) is 24.8 Å². The number of carboxylic acid groups (broad SMARTS) is 1.